The Balaban J connectivity index is 1.82. The number of terminal acetylenes is 1. The summed E-state index contributed by atoms with van der Waals surface area (Å²) in [5, 5.41) is 1.81. The highest BCUT2D eigenvalue weighted by Gasteiger charge is 2.39. The first-order valence-corrected chi connectivity index (χ1v) is 8.14. The van der Waals surface area contributed by atoms with Crippen LogP contribution in [-0.2, 0) is 0 Å². The Kier molecular flexibility index (Phi) is 4.76. The van der Waals surface area contributed by atoms with Crippen LogP contribution in [0.15, 0.2) is 18.2 Å². The highest BCUT2D eigenvalue weighted by molar-refractivity contribution is 6.31. The van der Waals surface area contributed by atoms with Crippen molar-refractivity contribution in [1.82, 2.24) is 9.91 Å². The molecule has 0 spiro atoms. The van der Waals surface area contributed by atoms with Gasteiger partial charge in [0.15, 0.2) is 0 Å². The molecule has 1 atom stereocenters. The van der Waals surface area contributed by atoms with E-state index in [0.29, 0.717) is 22.3 Å². The van der Waals surface area contributed by atoms with Crippen molar-refractivity contribution in [3.8, 4) is 18.1 Å². The van der Waals surface area contributed by atoms with E-state index in [-0.39, 0.29) is 18.6 Å². The van der Waals surface area contributed by atoms with E-state index in [1.165, 1.54) is 5.01 Å². The lowest BCUT2D eigenvalue weighted by Crippen LogP contribution is -2.60. The maximum Gasteiger partial charge on any atom is 0.271 e. The van der Waals surface area contributed by atoms with E-state index >= 15 is 0 Å². The van der Waals surface area contributed by atoms with Crippen LogP contribution in [0.25, 0.3) is 0 Å². The lowest BCUT2D eigenvalue weighted by atomic mass is 9.83. The Labute approximate surface area is 141 Å². The number of hydrogen-bond donors (Lipinski definition) is 1. The molecule has 3 aliphatic heterocycles. The van der Waals surface area contributed by atoms with Gasteiger partial charge >= 0.3 is 0 Å². The van der Waals surface area contributed by atoms with Crippen LogP contribution in [0.1, 0.15) is 23.2 Å². The van der Waals surface area contributed by atoms with E-state index < -0.39 is 0 Å². The lowest BCUT2D eigenvalue weighted by Gasteiger charge is -2.47. The molecule has 6 heteroatoms. The molecule has 3 fully saturated rings. The topological polar surface area (TPSA) is 58.8 Å². The van der Waals surface area contributed by atoms with E-state index in [0.717, 1.165) is 32.5 Å². The zero-order chi connectivity index (χ0) is 16.4. The predicted octanol–water partition coefficient (Wildman–Crippen LogP) is 1.76. The monoisotopic (exact) mass is 333 g/mol. The molecule has 23 heavy (non-hydrogen) atoms. The standard InChI is InChI=1S/C17H20ClN3O2/c1-2-9-23-16-4-3-13(18)10-14(16)17(22)21(19)15-11-20-7-5-12(15)6-8-20/h1,3-4,10,12,15H,5-9,11,19H2. The van der Waals surface area contributed by atoms with Crippen molar-refractivity contribution in [1.29, 1.82) is 0 Å². The first-order chi connectivity index (χ1) is 11.1. The number of hydrazine groups is 1. The van der Waals surface area contributed by atoms with E-state index in [4.69, 9.17) is 28.6 Å². The van der Waals surface area contributed by atoms with Gasteiger partial charge in [-0.15, -0.1) is 6.42 Å². The van der Waals surface area contributed by atoms with Gasteiger partial charge in [0.1, 0.15) is 12.4 Å². The van der Waals surface area contributed by atoms with Crippen LogP contribution in [0.5, 0.6) is 5.75 Å². The fourth-order valence-corrected chi connectivity index (χ4v) is 3.63. The van der Waals surface area contributed by atoms with Crippen molar-refractivity contribution in [3.05, 3.63) is 28.8 Å². The number of ether oxygens (including phenoxy) is 1. The van der Waals surface area contributed by atoms with Crippen LogP contribution in [-0.4, -0.2) is 48.1 Å². The Morgan fingerprint density at radius 3 is 2.83 bits per heavy atom. The minimum atomic E-state index is -0.279. The molecule has 122 valence electrons. The van der Waals surface area contributed by atoms with Gasteiger partial charge in [0.2, 0.25) is 0 Å². The first-order valence-electron chi connectivity index (χ1n) is 7.76. The zero-order valence-corrected chi connectivity index (χ0v) is 13.6. The number of amides is 1. The van der Waals surface area contributed by atoms with Crippen LogP contribution in [0, 0.1) is 18.3 Å². The average Bonchev–Trinajstić information content (AvgIpc) is 2.60. The second kappa shape index (κ2) is 6.79. The first kappa shape index (κ1) is 16.1. The third-order valence-corrected chi connectivity index (χ3v) is 4.93. The normalized spacial score (nSPS) is 25.7. The Bertz CT molecular complexity index is 635. The summed E-state index contributed by atoms with van der Waals surface area (Å²) in [4.78, 5) is 15.2. The van der Waals surface area contributed by atoms with Crippen molar-refractivity contribution in [3.63, 3.8) is 0 Å². The second-order valence-corrected chi connectivity index (χ2v) is 6.49. The number of carbonyl (C=O) groups is 1. The fourth-order valence-electron chi connectivity index (χ4n) is 3.45. The summed E-state index contributed by atoms with van der Waals surface area (Å²) < 4.78 is 5.45. The molecule has 1 aromatic carbocycles. The molecule has 2 N–H and O–H groups in total. The summed E-state index contributed by atoms with van der Waals surface area (Å²) in [6.07, 6.45) is 7.39. The van der Waals surface area contributed by atoms with Crippen LogP contribution in [0.4, 0.5) is 0 Å². The van der Waals surface area contributed by atoms with Crippen LogP contribution >= 0.6 is 11.6 Å². The Morgan fingerprint density at radius 2 is 2.22 bits per heavy atom. The molecule has 3 heterocycles. The number of carbonyl (C=O) groups excluding carboxylic acids is 1. The van der Waals surface area contributed by atoms with Crippen molar-refractivity contribution < 1.29 is 9.53 Å². The summed E-state index contributed by atoms with van der Waals surface area (Å²) in [6, 6.07) is 4.93. The molecule has 0 aromatic heterocycles. The van der Waals surface area contributed by atoms with E-state index in [9.17, 15) is 4.79 Å². The predicted molar refractivity (Wildman–Crippen MR) is 89.1 cm³/mol. The molecular formula is C17H20ClN3O2. The maximum atomic E-state index is 12.8. The lowest BCUT2D eigenvalue weighted by molar-refractivity contribution is 0.00694. The average molecular weight is 334 g/mol. The van der Waals surface area contributed by atoms with E-state index in [2.05, 4.69) is 10.8 Å². The van der Waals surface area contributed by atoms with Crippen LogP contribution in [0.3, 0.4) is 0 Å². The van der Waals surface area contributed by atoms with Gasteiger partial charge in [-0.25, -0.2) is 5.84 Å². The summed E-state index contributed by atoms with van der Waals surface area (Å²) in [5.74, 6) is 9.16. The molecule has 2 bridgehead atoms. The number of benzene rings is 1. The number of nitrogens with zero attached hydrogens (tertiary/aromatic N) is 2. The fraction of sp³-hybridized carbons (Fsp3) is 0.471. The van der Waals surface area contributed by atoms with E-state index in [1.807, 2.05) is 0 Å². The molecule has 0 radical (unpaired) electrons. The Morgan fingerprint density at radius 1 is 1.48 bits per heavy atom. The molecule has 0 saturated carbocycles. The van der Waals surface area contributed by atoms with Gasteiger partial charge in [-0.1, -0.05) is 17.5 Å². The van der Waals surface area contributed by atoms with Gasteiger partial charge in [-0.05, 0) is 50.0 Å². The van der Waals surface area contributed by atoms with Crippen molar-refractivity contribution in [2.24, 2.45) is 11.8 Å². The molecule has 0 aliphatic carbocycles. The minimum absolute atomic E-state index is 0.0319. The van der Waals surface area contributed by atoms with Gasteiger partial charge in [0.05, 0.1) is 11.6 Å². The molecule has 1 unspecified atom stereocenters. The molecule has 5 nitrogen and oxygen atoms in total. The van der Waals surface area contributed by atoms with Crippen LogP contribution < -0.4 is 10.6 Å². The maximum absolute atomic E-state index is 12.8. The third kappa shape index (κ3) is 3.30. The molecule has 4 rings (SSSR count). The number of fused-ring (bicyclic) bond motifs is 3. The minimum Gasteiger partial charge on any atom is -0.480 e. The van der Waals surface area contributed by atoms with Crippen LogP contribution in [0.2, 0.25) is 5.02 Å². The number of hydrogen-bond acceptors (Lipinski definition) is 4. The summed E-state index contributed by atoms with van der Waals surface area (Å²) in [7, 11) is 0. The smallest absolute Gasteiger partial charge is 0.271 e. The van der Waals surface area contributed by atoms with Crippen molar-refractivity contribution >= 4 is 17.5 Å². The number of piperidine rings is 3. The summed E-state index contributed by atoms with van der Waals surface area (Å²) >= 11 is 6.03. The van der Waals surface area contributed by atoms with Crippen molar-refractivity contribution in [2.75, 3.05) is 26.2 Å². The largest absolute Gasteiger partial charge is 0.480 e. The number of rotatable bonds is 4. The zero-order valence-electron chi connectivity index (χ0n) is 12.9. The van der Waals surface area contributed by atoms with Gasteiger partial charge < -0.3 is 9.64 Å². The quantitative estimate of drug-likeness (QED) is 0.395. The number of nitrogens with two attached hydrogens (primary N) is 1. The SMILES string of the molecule is C#CCOc1ccc(Cl)cc1C(=O)N(N)C1CN2CCC1CC2. The van der Waals surface area contributed by atoms with Gasteiger partial charge in [0, 0.05) is 11.6 Å². The summed E-state index contributed by atoms with van der Waals surface area (Å²) in [5.41, 5.74) is 0.353. The van der Waals surface area contributed by atoms with Crippen molar-refractivity contribution in [2.45, 2.75) is 18.9 Å². The molecule has 3 aliphatic rings. The Hall–Kier alpha value is -1.74. The van der Waals surface area contributed by atoms with Gasteiger partial charge in [0.25, 0.3) is 5.91 Å². The molecule has 3 saturated heterocycles. The molecular weight excluding hydrogens is 314 g/mol. The molecule has 1 aromatic rings. The molecule has 1 amide bonds. The summed E-state index contributed by atoms with van der Waals surface area (Å²) in [6.45, 7) is 3.11. The second-order valence-electron chi connectivity index (χ2n) is 6.05. The number of halogens is 1. The third-order valence-electron chi connectivity index (χ3n) is 4.70. The van der Waals surface area contributed by atoms with Gasteiger partial charge in [-0.2, -0.15) is 0 Å². The van der Waals surface area contributed by atoms with Gasteiger partial charge in [-0.3, -0.25) is 9.80 Å². The highest BCUT2D eigenvalue weighted by Crippen LogP contribution is 2.31. The highest BCUT2D eigenvalue weighted by atomic mass is 35.5. The van der Waals surface area contributed by atoms with E-state index in [1.54, 1.807) is 18.2 Å².